The van der Waals surface area contributed by atoms with Gasteiger partial charge in [-0.05, 0) is 168 Å². The lowest BCUT2D eigenvalue weighted by atomic mass is 9.62. The fourth-order valence-corrected chi connectivity index (χ4v) is 22.1. The Labute approximate surface area is 360 Å². The summed E-state index contributed by atoms with van der Waals surface area (Å²) in [5, 5.41) is 1.89. The van der Waals surface area contributed by atoms with E-state index in [1.807, 2.05) is 0 Å². The highest BCUT2D eigenvalue weighted by atomic mass is 32.2. The summed E-state index contributed by atoms with van der Waals surface area (Å²) in [6.07, 6.45) is 51.8. The normalized spacial score (nSPS) is 52.6. The fraction of sp³-hybridized carbons (Fsp3) is 1.00. The van der Waals surface area contributed by atoms with Gasteiger partial charge < -0.3 is 9.47 Å². The van der Waals surface area contributed by atoms with Gasteiger partial charge in [0.15, 0.2) is 0 Å². The smallest absolute Gasteiger partial charge is 0.0766 e. The molecular formula is C54H87NO2S. The first-order valence-corrected chi connectivity index (χ1v) is 28.4. The molecule has 0 bridgehead atoms. The highest BCUT2D eigenvalue weighted by molar-refractivity contribution is 8.00. The van der Waals surface area contributed by atoms with E-state index in [9.17, 15) is 0 Å². The molecule has 58 heavy (non-hydrogen) atoms. The summed E-state index contributed by atoms with van der Waals surface area (Å²) in [5.74, 6) is 11.5. The monoisotopic (exact) mass is 814 g/mol. The second-order valence-electron chi connectivity index (χ2n) is 24.2. The quantitative estimate of drug-likeness (QED) is 0.266. The van der Waals surface area contributed by atoms with Crippen LogP contribution in [0.2, 0.25) is 0 Å². The molecule has 17 unspecified atom stereocenters. The molecule has 0 spiro atoms. The molecule has 4 heteroatoms. The van der Waals surface area contributed by atoms with E-state index in [0.29, 0.717) is 30.5 Å². The lowest BCUT2D eigenvalue weighted by Crippen LogP contribution is -2.58. The van der Waals surface area contributed by atoms with Crippen LogP contribution < -0.4 is 0 Å². The topological polar surface area (TPSA) is 21.7 Å². The second kappa shape index (κ2) is 17.3. The first kappa shape index (κ1) is 39.8. The molecule has 0 aromatic rings. The molecule has 3 aliphatic heterocycles. The average molecular weight is 814 g/mol. The van der Waals surface area contributed by atoms with Crippen LogP contribution in [0.25, 0.3) is 0 Å². The van der Waals surface area contributed by atoms with Crippen molar-refractivity contribution in [3.8, 4) is 0 Å². The van der Waals surface area contributed by atoms with Crippen LogP contribution in [0, 0.1) is 71.0 Å². The Bertz CT molecular complexity index is 1370. The van der Waals surface area contributed by atoms with E-state index in [1.165, 1.54) is 180 Å². The van der Waals surface area contributed by atoms with Crippen LogP contribution in [-0.4, -0.2) is 57.9 Å². The van der Waals surface area contributed by atoms with Crippen molar-refractivity contribution in [2.24, 2.45) is 71.0 Å². The molecule has 12 aliphatic rings. The lowest BCUT2D eigenvalue weighted by molar-refractivity contribution is -0.103. The highest BCUT2D eigenvalue weighted by Crippen LogP contribution is 2.64. The fourth-order valence-electron chi connectivity index (χ4n) is 19.5. The van der Waals surface area contributed by atoms with Crippen molar-refractivity contribution in [2.75, 3.05) is 0 Å². The van der Waals surface area contributed by atoms with Crippen LogP contribution in [0.15, 0.2) is 0 Å². The summed E-state index contributed by atoms with van der Waals surface area (Å²) < 4.78 is 14.7. The Morgan fingerprint density at radius 3 is 1.76 bits per heavy atom. The van der Waals surface area contributed by atoms with E-state index in [1.54, 1.807) is 32.1 Å². The van der Waals surface area contributed by atoms with Gasteiger partial charge in [0, 0.05) is 34.5 Å². The SMILES string of the molecule is C1CCC(C2CCC(N(C3CCCC(C4CCCC5C6CCC7OC8CCCCC8C7C6SC45)C3)C3CCCC4C5CCCC(C6CCCCC6)C5OC43)CC2)CC1. The molecule has 17 atom stereocenters. The van der Waals surface area contributed by atoms with E-state index in [-0.39, 0.29) is 0 Å². The Hall–Kier alpha value is 0.230. The van der Waals surface area contributed by atoms with Gasteiger partial charge in [-0.25, -0.2) is 0 Å². The van der Waals surface area contributed by atoms with Gasteiger partial charge in [0.25, 0.3) is 0 Å². The van der Waals surface area contributed by atoms with Crippen molar-refractivity contribution in [2.45, 2.75) is 265 Å². The summed E-state index contributed by atoms with van der Waals surface area (Å²) in [5.41, 5.74) is 0. The van der Waals surface area contributed by atoms with Crippen LogP contribution in [0.5, 0.6) is 0 Å². The first-order chi connectivity index (χ1) is 28.8. The zero-order chi connectivity index (χ0) is 38.2. The number of nitrogens with zero attached hydrogens (tertiary/aromatic N) is 1. The zero-order valence-corrected chi connectivity index (χ0v) is 37.9. The van der Waals surface area contributed by atoms with E-state index in [0.717, 1.165) is 93.6 Å². The van der Waals surface area contributed by atoms with Gasteiger partial charge in [0.05, 0.1) is 24.4 Å². The summed E-state index contributed by atoms with van der Waals surface area (Å²) in [6.45, 7) is 0. The van der Waals surface area contributed by atoms with Crippen LogP contribution in [0.4, 0.5) is 0 Å². The van der Waals surface area contributed by atoms with Crippen molar-refractivity contribution < 1.29 is 9.47 Å². The van der Waals surface area contributed by atoms with Crippen LogP contribution in [-0.2, 0) is 9.47 Å². The number of fused-ring (bicyclic) bond motifs is 10. The third-order valence-electron chi connectivity index (χ3n) is 21.8. The van der Waals surface area contributed by atoms with Crippen LogP contribution in [0.3, 0.4) is 0 Å². The standard InChI is InChI=1S/C54H87NO2S/c1-3-13-34(14-4-1)35-27-29-38(30-28-35)55(47-25-12-23-43-42-22-10-20-40(51(42)57-52(43)47)36-15-5-2-6-16-36)39-18-9-17-37(33-39)41-21-11-24-44-45-31-32-49-50(54(45)58-53(41)44)46-19-7-8-26-48(46)56-49/h34-54H,1-33H2. The number of rotatable bonds is 6. The van der Waals surface area contributed by atoms with Crippen molar-refractivity contribution in [1.82, 2.24) is 4.90 Å². The van der Waals surface area contributed by atoms with Crippen LogP contribution >= 0.6 is 11.8 Å². The predicted octanol–water partition coefficient (Wildman–Crippen LogP) is 13.8. The Balaban J connectivity index is 0.798. The number of hydrogen-bond acceptors (Lipinski definition) is 4. The molecule has 9 saturated carbocycles. The largest absolute Gasteiger partial charge is 0.374 e. The average Bonchev–Trinajstić information content (AvgIpc) is 3.99. The number of thioether (sulfide) groups is 1. The molecule has 0 radical (unpaired) electrons. The summed E-state index contributed by atoms with van der Waals surface area (Å²) in [7, 11) is 0. The lowest BCUT2D eigenvalue weighted by Gasteiger charge is -2.53. The molecule has 326 valence electrons. The number of hydrogen-bond donors (Lipinski definition) is 0. The van der Waals surface area contributed by atoms with Crippen molar-refractivity contribution in [1.29, 1.82) is 0 Å². The maximum atomic E-state index is 7.80. The summed E-state index contributed by atoms with van der Waals surface area (Å²) in [4.78, 5) is 3.40. The molecule has 0 N–H and O–H groups in total. The molecule has 12 fully saturated rings. The Morgan fingerprint density at radius 2 is 0.931 bits per heavy atom. The second-order valence-corrected chi connectivity index (χ2v) is 25.5. The van der Waals surface area contributed by atoms with Gasteiger partial charge in [0.2, 0.25) is 0 Å². The van der Waals surface area contributed by atoms with Crippen LogP contribution in [0.1, 0.15) is 212 Å². The first-order valence-electron chi connectivity index (χ1n) is 27.5. The predicted molar refractivity (Wildman–Crippen MR) is 240 cm³/mol. The van der Waals surface area contributed by atoms with Gasteiger partial charge in [-0.1, -0.05) is 109 Å². The minimum absolute atomic E-state index is 0.544. The third kappa shape index (κ3) is 7.21. The molecule has 12 rings (SSSR count). The van der Waals surface area contributed by atoms with Gasteiger partial charge in [-0.2, -0.15) is 11.8 Å². The molecule has 3 saturated heterocycles. The molecule has 0 aromatic carbocycles. The zero-order valence-electron chi connectivity index (χ0n) is 37.1. The molecule has 0 aromatic heterocycles. The van der Waals surface area contributed by atoms with Crippen molar-refractivity contribution >= 4 is 11.8 Å². The van der Waals surface area contributed by atoms with Gasteiger partial charge in [-0.15, -0.1) is 0 Å². The van der Waals surface area contributed by atoms with Gasteiger partial charge in [0.1, 0.15) is 0 Å². The molecule has 3 heterocycles. The van der Waals surface area contributed by atoms with E-state index in [4.69, 9.17) is 9.47 Å². The molecule has 0 amide bonds. The maximum absolute atomic E-state index is 7.80. The van der Waals surface area contributed by atoms with Crippen molar-refractivity contribution in [3.05, 3.63) is 0 Å². The molecular weight excluding hydrogens is 727 g/mol. The Kier molecular flexibility index (Phi) is 11.9. The van der Waals surface area contributed by atoms with Gasteiger partial charge in [-0.3, -0.25) is 4.90 Å². The molecule has 9 aliphatic carbocycles. The highest BCUT2D eigenvalue weighted by Gasteiger charge is 2.61. The molecule has 3 nitrogen and oxygen atoms in total. The van der Waals surface area contributed by atoms with Gasteiger partial charge >= 0.3 is 0 Å². The summed E-state index contributed by atoms with van der Waals surface area (Å²) in [6, 6.07) is 2.36. The third-order valence-corrected chi connectivity index (χ3v) is 23.8. The minimum atomic E-state index is 0.544. The van der Waals surface area contributed by atoms with E-state index >= 15 is 0 Å². The van der Waals surface area contributed by atoms with E-state index in [2.05, 4.69) is 16.7 Å². The van der Waals surface area contributed by atoms with Crippen molar-refractivity contribution in [3.63, 3.8) is 0 Å². The Morgan fingerprint density at radius 1 is 0.328 bits per heavy atom. The maximum Gasteiger partial charge on any atom is 0.0766 e. The number of ether oxygens (including phenoxy) is 2. The van der Waals surface area contributed by atoms with E-state index < -0.39 is 0 Å². The minimum Gasteiger partial charge on any atom is -0.374 e. The summed E-state index contributed by atoms with van der Waals surface area (Å²) >= 11 is 2.61.